The number of nitrogens with one attached hydrogen (secondary N) is 3. The van der Waals surface area contributed by atoms with Gasteiger partial charge in [-0.25, -0.2) is 0 Å². The molecule has 1 fully saturated rings. The van der Waals surface area contributed by atoms with Crippen LogP contribution < -0.4 is 26.4 Å². The molecule has 40 heavy (non-hydrogen) atoms. The average Bonchev–Trinajstić information content (AvgIpc) is 3.45. The molecular weight excluding hydrogens is 510 g/mol. The smallest absolute Gasteiger partial charge is 0.246 e. The summed E-state index contributed by atoms with van der Waals surface area (Å²) in [7, 11) is 3.29. The maximum atomic E-state index is 13.5. The maximum Gasteiger partial charge on any atom is 0.246 e. The zero-order valence-electron chi connectivity index (χ0n) is 23.9. The first-order chi connectivity index (χ1) is 19.0. The van der Waals surface area contributed by atoms with Gasteiger partial charge in [0.05, 0.1) is 13.2 Å². The van der Waals surface area contributed by atoms with Crippen molar-refractivity contribution < 1.29 is 23.9 Å². The standard InChI is InChI=1S/C30H41N5O5/c1-18(2)26(34-28(37)19(3)32-4)30(39)35-15-7-10-25(35)29(38)33-24(27(31)36)16-20-11-13-21(14-12-20)22-8-6-9-23(17-22)40-5/h6,8-9,11-14,17-19,24-26,32H,7,10,15-16H2,1-5H3,(H2,31,36)(H,33,38)(H,34,37)/t19-,24-,25-,26-/m0/s1. The lowest BCUT2D eigenvalue weighted by Crippen LogP contribution is -2.58. The molecule has 0 aliphatic carbocycles. The Balaban J connectivity index is 1.69. The van der Waals surface area contributed by atoms with Gasteiger partial charge < -0.3 is 31.3 Å². The Morgan fingerprint density at radius 1 is 1.02 bits per heavy atom. The molecule has 0 radical (unpaired) electrons. The Morgan fingerprint density at radius 3 is 2.33 bits per heavy atom. The third kappa shape index (κ3) is 7.59. The fraction of sp³-hybridized carbons (Fsp3) is 0.467. The van der Waals surface area contributed by atoms with Crippen LogP contribution in [0.1, 0.15) is 39.2 Å². The molecule has 10 nitrogen and oxygen atoms in total. The summed E-state index contributed by atoms with van der Waals surface area (Å²) < 4.78 is 5.30. The van der Waals surface area contributed by atoms with Gasteiger partial charge in [0.25, 0.3) is 0 Å². The molecule has 10 heteroatoms. The van der Waals surface area contributed by atoms with Gasteiger partial charge in [0.15, 0.2) is 0 Å². The lowest BCUT2D eigenvalue weighted by molar-refractivity contribution is -0.143. The van der Waals surface area contributed by atoms with Crippen molar-refractivity contribution in [1.82, 2.24) is 20.9 Å². The van der Waals surface area contributed by atoms with Gasteiger partial charge >= 0.3 is 0 Å². The van der Waals surface area contributed by atoms with Crippen LogP contribution in [0, 0.1) is 5.92 Å². The highest BCUT2D eigenvalue weighted by molar-refractivity contribution is 5.95. The Morgan fingerprint density at radius 2 is 1.73 bits per heavy atom. The Labute approximate surface area is 236 Å². The van der Waals surface area contributed by atoms with Crippen LogP contribution in [-0.4, -0.2) is 73.4 Å². The number of likely N-dealkylation sites (N-methyl/N-ethyl adjacent to an activating group) is 1. The van der Waals surface area contributed by atoms with Crippen LogP contribution in [0.5, 0.6) is 5.75 Å². The normalized spacial score (nSPS) is 17.1. The average molecular weight is 552 g/mol. The molecule has 2 aromatic rings. The molecule has 0 aromatic heterocycles. The molecule has 5 N–H and O–H groups in total. The predicted molar refractivity (Wildman–Crippen MR) is 153 cm³/mol. The van der Waals surface area contributed by atoms with Crippen molar-refractivity contribution >= 4 is 23.6 Å². The first-order valence-electron chi connectivity index (χ1n) is 13.7. The molecule has 0 saturated carbocycles. The molecule has 4 amide bonds. The lowest BCUT2D eigenvalue weighted by Gasteiger charge is -2.31. The van der Waals surface area contributed by atoms with Crippen LogP contribution in [-0.2, 0) is 25.6 Å². The van der Waals surface area contributed by atoms with E-state index in [1.54, 1.807) is 21.1 Å². The van der Waals surface area contributed by atoms with Gasteiger partial charge in [-0.1, -0.05) is 50.2 Å². The molecular formula is C30H41N5O5. The van der Waals surface area contributed by atoms with E-state index in [1.165, 1.54) is 4.90 Å². The minimum atomic E-state index is -0.940. The van der Waals surface area contributed by atoms with Crippen LogP contribution in [0.4, 0.5) is 0 Å². The van der Waals surface area contributed by atoms with Gasteiger partial charge in [-0.05, 0) is 61.6 Å². The van der Waals surface area contributed by atoms with E-state index in [1.807, 2.05) is 62.4 Å². The van der Waals surface area contributed by atoms with E-state index >= 15 is 0 Å². The zero-order chi connectivity index (χ0) is 29.4. The Bertz CT molecular complexity index is 1200. The monoisotopic (exact) mass is 551 g/mol. The topological polar surface area (TPSA) is 143 Å². The van der Waals surface area contributed by atoms with Crippen LogP contribution in [0.25, 0.3) is 11.1 Å². The molecule has 1 saturated heterocycles. The molecule has 3 rings (SSSR count). The fourth-order valence-electron chi connectivity index (χ4n) is 4.77. The minimum absolute atomic E-state index is 0.178. The number of methoxy groups -OCH3 is 1. The number of nitrogens with zero attached hydrogens (tertiary/aromatic N) is 1. The van der Waals surface area contributed by atoms with E-state index in [2.05, 4.69) is 16.0 Å². The van der Waals surface area contributed by atoms with Crippen molar-refractivity contribution in [2.24, 2.45) is 11.7 Å². The second-order valence-electron chi connectivity index (χ2n) is 10.5. The molecule has 0 spiro atoms. The van der Waals surface area contributed by atoms with Gasteiger partial charge in [-0.2, -0.15) is 0 Å². The number of carbonyl (C=O) groups excluding carboxylic acids is 4. The molecule has 1 aliphatic rings. The van der Waals surface area contributed by atoms with E-state index < -0.39 is 36.0 Å². The molecule has 1 heterocycles. The highest BCUT2D eigenvalue weighted by atomic mass is 16.5. The number of amides is 4. The third-order valence-corrected chi connectivity index (χ3v) is 7.35. The fourth-order valence-corrected chi connectivity index (χ4v) is 4.77. The summed E-state index contributed by atoms with van der Waals surface area (Å²) in [5.74, 6) is -1.11. The van der Waals surface area contributed by atoms with Gasteiger partial charge in [-0.3, -0.25) is 19.2 Å². The maximum absolute atomic E-state index is 13.5. The molecule has 4 atom stereocenters. The summed E-state index contributed by atoms with van der Waals surface area (Å²) in [5.41, 5.74) is 8.47. The van der Waals surface area contributed by atoms with E-state index in [0.717, 1.165) is 22.4 Å². The van der Waals surface area contributed by atoms with Crippen molar-refractivity contribution in [3.8, 4) is 16.9 Å². The number of likely N-dealkylation sites (tertiary alicyclic amines) is 1. The van der Waals surface area contributed by atoms with Crippen molar-refractivity contribution in [1.29, 1.82) is 0 Å². The molecule has 1 aliphatic heterocycles. The number of rotatable bonds is 12. The molecule has 0 unspecified atom stereocenters. The number of benzene rings is 2. The van der Waals surface area contributed by atoms with Gasteiger partial charge in [-0.15, -0.1) is 0 Å². The van der Waals surface area contributed by atoms with Crippen molar-refractivity contribution in [2.75, 3.05) is 20.7 Å². The predicted octanol–water partition coefficient (Wildman–Crippen LogP) is 1.61. The summed E-state index contributed by atoms with van der Waals surface area (Å²) in [6, 6.07) is 12.5. The number of carbonyl (C=O) groups is 4. The number of primary amides is 1. The van der Waals surface area contributed by atoms with Crippen molar-refractivity contribution in [3.63, 3.8) is 0 Å². The highest BCUT2D eigenvalue weighted by Gasteiger charge is 2.39. The third-order valence-electron chi connectivity index (χ3n) is 7.35. The van der Waals surface area contributed by atoms with Crippen molar-refractivity contribution in [3.05, 3.63) is 54.1 Å². The van der Waals surface area contributed by atoms with Gasteiger partial charge in [0, 0.05) is 13.0 Å². The Hall–Kier alpha value is -3.92. The van der Waals surface area contributed by atoms with E-state index in [4.69, 9.17) is 10.5 Å². The number of ether oxygens (including phenoxy) is 1. The van der Waals surface area contributed by atoms with Crippen LogP contribution in [0.3, 0.4) is 0 Å². The second kappa shape index (κ2) is 13.9. The summed E-state index contributed by atoms with van der Waals surface area (Å²) >= 11 is 0. The molecule has 2 aromatic carbocycles. The van der Waals surface area contributed by atoms with Crippen LogP contribution >= 0.6 is 0 Å². The first-order valence-corrected chi connectivity index (χ1v) is 13.7. The largest absolute Gasteiger partial charge is 0.497 e. The minimum Gasteiger partial charge on any atom is -0.497 e. The first kappa shape index (κ1) is 30.6. The molecule has 216 valence electrons. The number of nitrogens with two attached hydrogens (primary N) is 1. The van der Waals surface area contributed by atoms with Gasteiger partial charge in [0.1, 0.15) is 23.9 Å². The number of hydrogen-bond donors (Lipinski definition) is 4. The lowest BCUT2D eigenvalue weighted by atomic mass is 9.99. The quantitative estimate of drug-likeness (QED) is 0.316. The number of hydrogen-bond acceptors (Lipinski definition) is 6. The van der Waals surface area contributed by atoms with Crippen LogP contribution in [0.2, 0.25) is 0 Å². The van der Waals surface area contributed by atoms with E-state index in [9.17, 15) is 19.2 Å². The summed E-state index contributed by atoms with van der Waals surface area (Å²) in [6.45, 7) is 5.80. The second-order valence-corrected chi connectivity index (χ2v) is 10.5. The summed E-state index contributed by atoms with van der Waals surface area (Å²) in [6.07, 6.45) is 1.32. The summed E-state index contributed by atoms with van der Waals surface area (Å²) in [5, 5.41) is 8.44. The SMILES string of the molecule is CN[C@@H](C)C(=O)N[C@H](C(=O)N1CCC[C@H]1C(=O)N[C@@H](Cc1ccc(-c2cccc(OC)c2)cc1)C(N)=O)C(C)C. The van der Waals surface area contributed by atoms with Crippen molar-refractivity contribution in [2.45, 2.75) is 64.2 Å². The van der Waals surface area contributed by atoms with E-state index in [-0.39, 0.29) is 24.2 Å². The van der Waals surface area contributed by atoms with Crippen LogP contribution in [0.15, 0.2) is 48.5 Å². The Kier molecular flexibility index (Phi) is 10.7. The van der Waals surface area contributed by atoms with E-state index in [0.29, 0.717) is 19.4 Å². The summed E-state index contributed by atoms with van der Waals surface area (Å²) in [4.78, 5) is 53.0. The molecule has 0 bridgehead atoms. The van der Waals surface area contributed by atoms with Gasteiger partial charge in [0.2, 0.25) is 23.6 Å². The highest BCUT2D eigenvalue weighted by Crippen LogP contribution is 2.25. The zero-order valence-corrected chi connectivity index (χ0v) is 23.9.